The lowest BCUT2D eigenvalue weighted by molar-refractivity contribution is 0.0904. The Hall–Kier alpha value is -1.40. The first kappa shape index (κ1) is 20.6. The van der Waals surface area contributed by atoms with E-state index in [0.717, 1.165) is 0 Å². The SMILES string of the molecule is COc1[nH]c(=O)c(C(=O)C(C)CC(C)C(C)(Cl)CCl)c(O)c1OC. The Bertz CT molecular complexity index is 657. The van der Waals surface area contributed by atoms with Crippen molar-refractivity contribution in [3.63, 3.8) is 0 Å². The van der Waals surface area contributed by atoms with E-state index in [0.29, 0.717) is 6.42 Å². The largest absolute Gasteiger partial charge is 0.503 e. The summed E-state index contributed by atoms with van der Waals surface area (Å²) in [6, 6.07) is 0. The summed E-state index contributed by atoms with van der Waals surface area (Å²) in [6.07, 6.45) is 0.415. The fourth-order valence-corrected chi connectivity index (χ4v) is 2.73. The van der Waals surface area contributed by atoms with Crippen LogP contribution in [0, 0.1) is 11.8 Å². The Morgan fingerprint density at radius 1 is 1.33 bits per heavy atom. The summed E-state index contributed by atoms with van der Waals surface area (Å²) in [5.74, 6) is -1.55. The molecule has 136 valence electrons. The molecule has 1 heterocycles. The van der Waals surface area contributed by atoms with Crippen molar-refractivity contribution in [2.45, 2.75) is 32.1 Å². The van der Waals surface area contributed by atoms with Gasteiger partial charge in [0, 0.05) is 11.8 Å². The Morgan fingerprint density at radius 2 is 1.92 bits per heavy atom. The molecule has 1 aromatic rings. The lowest BCUT2D eigenvalue weighted by Crippen LogP contribution is -2.32. The smallest absolute Gasteiger partial charge is 0.265 e. The van der Waals surface area contributed by atoms with Crippen LogP contribution in [0.1, 0.15) is 37.6 Å². The number of ether oxygens (including phenoxy) is 2. The van der Waals surface area contributed by atoms with Crippen molar-refractivity contribution in [1.82, 2.24) is 4.98 Å². The number of aromatic hydroxyl groups is 1. The molecule has 0 saturated heterocycles. The molecule has 0 aliphatic heterocycles. The van der Waals surface area contributed by atoms with Crippen LogP contribution in [0.15, 0.2) is 4.79 Å². The minimum absolute atomic E-state index is 0.0481. The van der Waals surface area contributed by atoms with Crippen LogP contribution < -0.4 is 15.0 Å². The maximum atomic E-state index is 12.7. The molecule has 0 aromatic carbocycles. The van der Waals surface area contributed by atoms with Crippen LogP contribution in [0.2, 0.25) is 0 Å². The van der Waals surface area contributed by atoms with Crippen LogP contribution >= 0.6 is 23.2 Å². The zero-order valence-electron chi connectivity index (χ0n) is 14.4. The van der Waals surface area contributed by atoms with Gasteiger partial charge < -0.3 is 14.6 Å². The summed E-state index contributed by atoms with van der Waals surface area (Å²) in [7, 11) is 2.61. The van der Waals surface area contributed by atoms with Gasteiger partial charge in [0.15, 0.2) is 11.5 Å². The minimum atomic E-state index is -0.736. The third kappa shape index (κ3) is 4.16. The molecule has 0 radical (unpaired) electrons. The molecule has 0 saturated carbocycles. The number of hydrogen-bond donors (Lipinski definition) is 2. The highest BCUT2D eigenvalue weighted by Gasteiger charge is 2.33. The predicted octanol–water partition coefficient (Wildman–Crippen LogP) is 3.18. The highest BCUT2D eigenvalue weighted by atomic mass is 35.5. The fraction of sp³-hybridized carbons (Fsp3) is 0.625. The number of aromatic nitrogens is 1. The summed E-state index contributed by atoms with van der Waals surface area (Å²) in [4.78, 5) is 26.5. The summed E-state index contributed by atoms with van der Waals surface area (Å²) in [6.45, 7) is 5.36. The minimum Gasteiger partial charge on any atom is -0.503 e. The van der Waals surface area contributed by atoms with Crippen molar-refractivity contribution in [1.29, 1.82) is 0 Å². The number of methoxy groups -OCH3 is 2. The number of alkyl halides is 2. The van der Waals surface area contributed by atoms with E-state index >= 15 is 0 Å². The van der Waals surface area contributed by atoms with E-state index < -0.39 is 27.9 Å². The quantitative estimate of drug-likeness (QED) is 0.534. The molecule has 1 aromatic heterocycles. The summed E-state index contributed by atoms with van der Waals surface area (Å²) >= 11 is 12.2. The van der Waals surface area contributed by atoms with Gasteiger partial charge in [-0.25, -0.2) is 0 Å². The number of carbonyl (C=O) groups excluding carboxylic acids is 1. The number of rotatable bonds is 8. The average Bonchev–Trinajstić information content (AvgIpc) is 2.53. The van der Waals surface area contributed by atoms with Gasteiger partial charge in [-0.1, -0.05) is 13.8 Å². The number of hydrogen-bond acceptors (Lipinski definition) is 5. The van der Waals surface area contributed by atoms with Crippen molar-refractivity contribution < 1.29 is 19.4 Å². The Kier molecular flexibility index (Phi) is 6.98. The molecule has 0 spiro atoms. The summed E-state index contributed by atoms with van der Waals surface area (Å²) in [5.41, 5.74) is -1.09. The van der Waals surface area contributed by atoms with Crippen LogP contribution in [-0.4, -0.2) is 40.8 Å². The molecule has 1 rings (SSSR count). The van der Waals surface area contributed by atoms with Gasteiger partial charge in [0.25, 0.3) is 5.56 Å². The molecule has 0 aliphatic rings. The number of halogens is 2. The van der Waals surface area contributed by atoms with Gasteiger partial charge in [-0.3, -0.25) is 14.6 Å². The molecule has 6 nitrogen and oxygen atoms in total. The van der Waals surface area contributed by atoms with Crippen molar-refractivity contribution >= 4 is 29.0 Å². The highest BCUT2D eigenvalue weighted by Crippen LogP contribution is 2.37. The Labute approximate surface area is 151 Å². The van der Waals surface area contributed by atoms with Crippen LogP contribution in [0.3, 0.4) is 0 Å². The molecule has 0 fully saturated rings. The number of ketones is 1. The first-order chi connectivity index (χ1) is 11.1. The van der Waals surface area contributed by atoms with Crippen molar-refractivity contribution in [3.05, 3.63) is 15.9 Å². The van der Waals surface area contributed by atoms with Crippen LogP contribution in [0.4, 0.5) is 0 Å². The Balaban J connectivity index is 3.18. The molecule has 3 atom stereocenters. The maximum Gasteiger partial charge on any atom is 0.265 e. The van der Waals surface area contributed by atoms with E-state index in [1.165, 1.54) is 14.2 Å². The second-order valence-electron chi connectivity index (χ2n) is 6.06. The Morgan fingerprint density at radius 3 is 2.38 bits per heavy atom. The third-order valence-electron chi connectivity index (χ3n) is 4.21. The van der Waals surface area contributed by atoms with E-state index in [4.69, 9.17) is 32.7 Å². The molecule has 0 amide bonds. The molecule has 2 N–H and O–H groups in total. The predicted molar refractivity (Wildman–Crippen MR) is 94.1 cm³/mol. The van der Waals surface area contributed by atoms with Crippen molar-refractivity contribution in [2.75, 3.05) is 20.1 Å². The van der Waals surface area contributed by atoms with E-state index in [1.807, 2.05) is 6.92 Å². The number of Topliss-reactive ketones (excluding diaryl/α,β-unsaturated/α-hetero) is 1. The highest BCUT2D eigenvalue weighted by molar-refractivity contribution is 6.30. The number of pyridine rings is 1. The molecule has 0 aliphatic carbocycles. The zero-order chi connectivity index (χ0) is 18.7. The molecule has 24 heavy (non-hydrogen) atoms. The molecule has 8 heteroatoms. The molecular formula is C16H23Cl2NO5. The monoisotopic (exact) mass is 379 g/mol. The summed E-state index contributed by atoms with van der Waals surface area (Å²) in [5, 5.41) is 10.2. The van der Waals surface area contributed by atoms with Gasteiger partial charge in [0.1, 0.15) is 5.56 Å². The van der Waals surface area contributed by atoms with Gasteiger partial charge in [-0.05, 0) is 19.3 Å². The van der Waals surface area contributed by atoms with Gasteiger partial charge in [0.05, 0.1) is 19.1 Å². The number of aromatic amines is 1. The number of nitrogens with one attached hydrogen (secondary N) is 1. The van der Waals surface area contributed by atoms with Gasteiger partial charge in [0.2, 0.25) is 11.6 Å². The maximum absolute atomic E-state index is 12.7. The molecular weight excluding hydrogens is 357 g/mol. The topological polar surface area (TPSA) is 88.6 Å². The van der Waals surface area contributed by atoms with Crippen molar-refractivity contribution in [3.8, 4) is 17.4 Å². The molecule has 0 bridgehead atoms. The fourth-order valence-electron chi connectivity index (χ4n) is 2.37. The molecule has 3 unspecified atom stereocenters. The van der Waals surface area contributed by atoms with Crippen molar-refractivity contribution in [2.24, 2.45) is 11.8 Å². The average molecular weight is 380 g/mol. The zero-order valence-corrected chi connectivity index (χ0v) is 15.9. The number of carbonyl (C=O) groups is 1. The van der Waals surface area contributed by atoms with Crippen LogP contribution in [-0.2, 0) is 0 Å². The van der Waals surface area contributed by atoms with Crippen LogP contribution in [0.5, 0.6) is 17.4 Å². The van der Waals surface area contributed by atoms with E-state index in [2.05, 4.69) is 4.98 Å². The van der Waals surface area contributed by atoms with Gasteiger partial charge in [-0.15, -0.1) is 23.2 Å². The van der Waals surface area contributed by atoms with Crippen LogP contribution in [0.25, 0.3) is 0 Å². The van der Waals surface area contributed by atoms with Gasteiger partial charge >= 0.3 is 0 Å². The third-order valence-corrected chi connectivity index (χ3v) is 5.41. The first-order valence-corrected chi connectivity index (χ1v) is 8.38. The van der Waals surface area contributed by atoms with E-state index in [9.17, 15) is 14.7 Å². The first-order valence-electron chi connectivity index (χ1n) is 7.46. The lowest BCUT2D eigenvalue weighted by atomic mass is 9.84. The summed E-state index contributed by atoms with van der Waals surface area (Å²) < 4.78 is 9.94. The second-order valence-corrected chi connectivity index (χ2v) is 7.19. The number of H-pyrrole nitrogens is 1. The second kappa shape index (κ2) is 8.12. The van der Waals surface area contributed by atoms with Gasteiger partial charge in [-0.2, -0.15) is 0 Å². The standard InChI is InChI=1S/C16H23Cl2NO5/c1-8(6-9(2)16(3,18)7-17)11(20)10-12(21)13(23-4)15(24-5)19-14(10)22/h8-9H,6-7H2,1-5H3,(H2,19,21,22). The van der Waals surface area contributed by atoms with E-state index in [1.54, 1.807) is 13.8 Å². The van der Waals surface area contributed by atoms with E-state index in [-0.39, 0.29) is 29.0 Å². The normalized spacial score (nSPS) is 16.1. The lowest BCUT2D eigenvalue weighted by Gasteiger charge is -2.28.